The SMILES string of the molecule is COc1cc(NC(=O)C[C@H]2[NH2+][C@H]3CCCC[C@H]3NC2=O)cc(OC)c1. The maximum absolute atomic E-state index is 12.4. The normalized spacial score (nSPS) is 25.5. The summed E-state index contributed by atoms with van der Waals surface area (Å²) in [5, 5.41) is 7.99. The van der Waals surface area contributed by atoms with Crippen molar-refractivity contribution in [2.45, 2.75) is 50.2 Å². The molecule has 1 heterocycles. The van der Waals surface area contributed by atoms with Gasteiger partial charge >= 0.3 is 0 Å². The van der Waals surface area contributed by atoms with Gasteiger partial charge < -0.3 is 25.4 Å². The highest BCUT2D eigenvalue weighted by atomic mass is 16.5. The first-order chi connectivity index (χ1) is 12.1. The Bertz CT molecular complexity index is 627. The van der Waals surface area contributed by atoms with Crippen LogP contribution >= 0.6 is 0 Å². The summed E-state index contributed by atoms with van der Waals surface area (Å²) < 4.78 is 10.4. The van der Waals surface area contributed by atoms with Crippen LogP contribution in [-0.2, 0) is 9.59 Å². The van der Waals surface area contributed by atoms with Crippen molar-refractivity contribution in [1.82, 2.24) is 5.32 Å². The van der Waals surface area contributed by atoms with Crippen molar-refractivity contribution >= 4 is 17.5 Å². The van der Waals surface area contributed by atoms with Gasteiger partial charge in [0.25, 0.3) is 5.91 Å². The van der Waals surface area contributed by atoms with Gasteiger partial charge in [-0.3, -0.25) is 9.59 Å². The minimum absolute atomic E-state index is 0.0403. The molecule has 1 aliphatic carbocycles. The van der Waals surface area contributed by atoms with Gasteiger partial charge in [-0.15, -0.1) is 0 Å². The zero-order valence-corrected chi connectivity index (χ0v) is 14.7. The van der Waals surface area contributed by atoms with Crippen LogP contribution in [0.4, 0.5) is 5.69 Å². The van der Waals surface area contributed by atoms with Crippen LogP contribution in [0, 0.1) is 0 Å². The van der Waals surface area contributed by atoms with Gasteiger partial charge in [-0.05, 0) is 12.8 Å². The molecule has 1 aromatic rings. The van der Waals surface area contributed by atoms with Gasteiger partial charge in [0, 0.05) is 30.3 Å². The lowest BCUT2D eigenvalue weighted by Crippen LogP contribution is -3.03. The topological polar surface area (TPSA) is 93.3 Å². The lowest BCUT2D eigenvalue weighted by Gasteiger charge is -2.37. The average molecular weight is 348 g/mol. The number of carbonyl (C=O) groups excluding carboxylic acids is 2. The fourth-order valence-electron chi connectivity index (χ4n) is 3.70. The van der Waals surface area contributed by atoms with Crippen molar-refractivity contribution in [3.8, 4) is 11.5 Å². The third-order valence-electron chi connectivity index (χ3n) is 5.00. The first-order valence-corrected chi connectivity index (χ1v) is 8.77. The Morgan fingerprint density at radius 1 is 1.20 bits per heavy atom. The lowest BCUT2D eigenvalue weighted by atomic mass is 9.87. The Balaban J connectivity index is 1.61. The molecule has 4 N–H and O–H groups in total. The molecule has 0 bridgehead atoms. The molecule has 2 aliphatic rings. The number of hydrogen-bond acceptors (Lipinski definition) is 4. The predicted molar refractivity (Wildman–Crippen MR) is 92.7 cm³/mol. The van der Waals surface area contributed by atoms with Crippen molar-refractivity contribution in [1.29, 1.82) is 0 Å². The Morgan fingerprint density at radius 2 is 1.88 bits per heavy atom. The maximum Gasteiger partial charge on any atom is 0.279 e. The number of carbonyl (C=O) groups is 2. The minimum atomic E-state index is -0.369. The summed E-state index contributed by atoms with van der Waals surface area (Å²) in [5.74, 6) is 0.964. The van der Waals surface area contributed by atoms with E-state index in [-0.39, 0.29) is 30.3 Å². The average Bonchev–Trinajstić information content (AvgIpc) is 2.61. The highest BCUT2D eigenvalue weighted by Crippen LogP contribution is 2.26. The van der Waals surface area contributed by atoms with Crippen LogP contribution < -0.4 is 25.4 Å². The van der Waals surface area contributed by atoms with Gasteiger partial charge in [0.1, 0.15) is 17.5 Å². The molecule has 3 rings (SSSR count). The molecule has 0 radical (unpaired) electrons. The van der Waals surface area contributed by atoms with Gasteiger partial charge in [0.15, 0.2) is 6.04 Å². The maximum atomic E-state index is 12.4. The van der Waals surface area contributed by atoms with Crippen LogP contribution in [-0.4, -0.2) is 44.2 Å². The van der Waals surface area contributed by atoms with E-state index in [0.717, 1.165) is 19.3 Å². The van der Waals surface area contributed by atoms with Crippen LogP contribution in [0.25, 0.3) is 0 Å². The number of methoxy groups -OCH3 is 2. The number of rotatable bonds is 5. The highest BCUT2D eigenvalue weighted by molar-refractivity contribution is 5.95. The second kappa shape index (κ2) is 7.74. The summed E-state index contributed by atoms with van der Waals surface area (Å²) in [6.45, 7) is 0. The van der Waals surface area contributed by atoms with E-state index >= 15 is 0 Å². The van der Waals surface area contributed by atoms with Gasteiger partial charge in [0.05, 0.1) is 26.7 Å². The smallest absolute Gasteiger partial charge is 0.279 e. The van der Waals surface area contributed by atoms with E-state index < -0.39 is 0 Å². The summed E-state index contributed by atoms with van der Waals surface area (Å²) in [5.41, 5.74) is 0.591. The standard InChI is InChI=1S/C18H25N3O4/c1-24-12-7-11(8-13(9-12)25-2)19-17(22)10-16-18(23)21-15-6-4-3-5-14(15)20-16/h7-9,14-16,20H,3-6,10H2,1-2H3,(H,19,22)(H,21,23)/p+1/t14-,15+,16+/m0/s1. The number of quaternary nitrogens is 1. The summed E-state index contributed by atoms with van der Waals surface area (Å²) in [4.78, 5) is 24.7. The number of anilines is 1. The van der Waals surface area contributed by atoms with E-state index in [2.05, 4.69) is 16.0 Å². The van der Waals surface area contributed by atoms with Crippen molar-refractivity contribution in [3.63, 3.8) is 0 Å². The molecule has 1 saturated heterocycles. The van der Waals surface area contributed by atoms with Crippen molar-refractivity contribution in [2.24, 2.45) is 0 Å². The minimum Gasteiger partial charge on any atom is -0.497 e. The first kappa shape index (κ1) is 17.5. The Hall–Kier alpha value is -2.28. The van der Waals surface area contributed by atoms with Crippen molar-refractivity contribution in [3.05, 3.63) is 18.2 Å². The fourth-order valence-corrected chi connectivity index (χ4v) is 3.70. The third kappa shape index (κ3) is 4.22. The molecule has 7 heteroatoms. The number of ether oxygens (including phenoxy) is 2. The summed E-state index contributed by atoms with van der Waals surface area (Å²) in [7, 11) is 3.12. The van der Waals surface area contributed by atoms with E-state index in [9.17, 15) is 9.59 Å². The number of piperazine rings is 1. The molecule has 25 heavy (non-hydrogen) atoms. The van der Waals surface area contributed by atoms with E-state index in [1.54, 1.807) is 32.4 Å². The molecular formula is C18H26N3O4+. The van der Waals surface area contributed by atoms with E-state index in [4.69, 9.17) is 9.47 Å². The van der Waals surface area contributed by atoms with Crippen LogP contribution in [0.1, 0.15) is 32.1 Å². The number of fused-ring (bicyclic) bond motifs is 1. The van der Waals surface area contributed by atoms with Gasteiger partial charge in [-0.1, -0.05) is 6.42 Å². The van der Waals surface area contributed by atoms with E-state index in [1.807, 2.05) is 0 Å². The Morgan fingerprint density at radius 3 is 2.56 bits per heavy atom. The number of benzene rings is 1. The molecule has 2 fully saturated rings. The number of amides is 2. The molecule has 7 nitrogen and oxygen atoms in total. The molecule has 136 valence electrons. The molecule has 0 spiro atoms. The molecular weight excluding hydrogens is 322 g/mol. The molecule has 2 amide bonds. The third-order valence-corrected chi connectivity index (χ3v) is 5.00. The highest BCUT2D eigenvalue weighted by Gasteiger charge is 2.40. The second-order valence-corrected chi connectivity index (χ2v) is 6.72. The molecule has 0 unspecified atom stereocenters. The molecule has 1 saturated carbocycles. The first-order valence-electron chi connectivity index (χ1n) is 8.77. The molecule has 1 aliphatic heterocycles. The lowest BCUT2D eigenvalue weighted by molar-refractivity contribution is -0.718. The number of hydrogen-bond donors (Lipinski definition) is 3. The molecule has 0 aromatic heterocycles. The Labute approximate surface area is 147 Å². The predicted octanol–water partition coefficient (Wildman–Crippen LogP) is 0.405. The fraction of sp³-hybridized carbons (Fsp3) is 0.556. The van der Waals surface area contributed by atoms with Crippen LogP contribution in [0.3, 0.4) is 0 Å². The zero-order chi connectivity index (χ0) is 17.8. The van der Waals surface area contributed by atoms with Gasteiger partial charge in [-0.2, -0.15) is 0 Å². The van der Waals surface area contributed by atoms with Gasteiger partial charge in [-0.25, -0.2) is 0 Å². The largest absolute Gasteiger partial charge is 0.497 e. The second-order valence-electron chi connectivity index (χ2n) is 6.72. The van der Waals surface area contributed by atoms with Crippen molar-refractivity contribution in [2.75, 3.05) is 19.5 Å². The van der Waals surface area contributed by atoms with Crippen molar-refractivity contribution < 1.29 is 24.4 Å². The van der Waals surface area contributed by atoms with Crippen LogP contribution in [0.15, 0.2) is 18.2 Å². The van der Waals surface area contributed by atoms with Gasteiger partial charge in [0.2, 0.25) is 5.91 Å². The summed E-state index contributed by atoms with van der Waals surface area (Å²) in [6.07, 6.45) is 4.63. The number of nitrogens with two attached hydrogens (primary N) is 1. The molecule has 3 atom stereocenters. The Kier molecular flexibility index (Phi) is 5.43. The molecule has 1 aromatic carbocycles. The monoisotopic (exact) mass is 348 g/mol. The van der Waals surface area contributed by atoms with E-state index in [1.165, 1.54) is 6.42 Å². The summed E-state index contributed by atoms with van der Waals surface area (Å²) in [6, 6.07) is 5.46. The quantitative estimate of drug-likeness (QED) is 0.718. The summed E-state index contributed by atoms with van der Waals surface area (Å²) >= 11 is 0. The zero-order valence-electron chi connectivity index (χ0n) is 14.7. The van der Waals surface area contributed by atoms with Crippen LogP contribution in [0.2, 0.25) is 0 Å². The number of nitrogens with one attached hydrogen (secondary N) is 2. The van der Waals surface area contributed by atoms with Crippen LogP contribution in [0.5, 0.6) is 11.5 Å². The van der Waals surface area contributed by atoms with E-state index in [0.29, 0.717) is 23.2 Å².